The van der Waals surface area contributed by atoms with Crippen molar-refractivity contribution < 1.29 is 14.0 Å². The molecule has 2 rings (SSSR count). The summed E-state index contributed by atoms with van der Waals surface area (Å²) in [5.74, 6) is -0.498. The first-order valence-corrected chi connectivity index (χ1v) is 7.28. The normalized spacial score (nSPS) is 19.3. The summed E-state index contributed by atoms with van der Waals surface area (Å²) in [5, 5.41) is 0. The standard InChI is InChI=1S/C16H21FN2O2/c1-4-8-18-10-14(20)19(12(3)16(18)21)9-13-7-5-6-11(2)15(13)17/h5-7,12H,4,8-10H2,1-3H3/t12-/m1/s1. The van der Waals surface area contributed by atoms with Crippen molar-refractivity contribution in [1.82, 2.24) is 9.80 Å². The number of aryl methyl sites for hydroxylation is 1. The molecule has 21 heavy (non-hydrogen) atoms. The molecular formula is C16H21FN2O2. The number of amides is 2. The Kier molecular flexibility index (Phi) is 4.60. The lowest BCUT2D eigenvalue weighted by molar-refractivity contribution is -0.155. The van der Waals surface area contributed by atoms with E-state index in [4.69, 9.17) is 0 Å². The van der Waals surface area contributed by atoms with Crippen molar-refractivity contribution in [2.45, 2.75) is 39.8 Å². The molecular weight excluding hydrogens is 271 g/mol. The van der Waals surface area contributed by atoms with E-state index >= 15 is 0 Å². The van der Waals surface area contributed by atoms with E-state index < -0.39 is 6.04 Å². The van der Waals surface area contributed by atoms with E-state index in [1.165, 1.54) is 4.90 Å². The molecule has 1 atom stereocenters. The van der Waals surface area contributed by atoms with Gasteiger partial charge in [-0.05, 0) is 25.8 Å². The van der Waals surface area contributed by atoms with Gasteiger partial charge < -0.3 is 9.80 Å². The zero-order chi connectivity index (χ0) is 15.6. The monoisotopic (exact) mass is 292 g/mol. The topological polar surface area (TPSA) is 40.6 Å². The molecule has 0 bridgehead atoms. The number of nitrogens with zero attached hydrogens (tertiary/aromatic N) is 2. The lowest BCUT2D eigenvalue weighted by Crippen LogP contribution is -2.58. The average Bonchev–Trinajstić information content (AvgIpc) is 2.45. The van der Waals surface area contributed by atoms with Crippen LogP contribution in [0.4, 0.5) is 4.39 Å². The first-order chi connectivity index (χ1) is 9.95. The smallest absolute Gasteiger partial charge is 0.245 e. The molecule has 0 saturated carbocycles. The van der Waals surface area contributed by atoms with E-state index in [0.717, 1.165) is 6.42 Å². The van der Waals surface area contributed by atoms with Gasteiger partial charge in [-0.2, -0.15) is 0 Å². The number of halogens is 1. The Balaban J connectivity index is 2.19. The van der Waals surface area contributed by atoms with Gasteiger partial charge in [-0.25, -0.2) is 4.39 Å². The third-order valence-corrected chi connectivity index (χ3v) is 3.89. The molecule has 0 N–H and O–H groups in total. The van der Waals surface area contributed by atoms with Gasteiger partial charge in [-0.1, -0.05) is 25.1 Å². The van der Waals surface area contributed by atoms with Crippen LogP contribution >= 0.6 is 0 Å². The third-order valence-electron chi connectivity index (χ3n) is 3.89. The first kappa shape index (κ1) is 15.5. The maximum Gasteiger partial charge on any atom is 0.245 e. The molecule has 0 unspecified atom stereocenters. The number of carbonyl (C=O) groups is 2. The Hall–Kier alpha value is -1.91. The lowest BCUT2D eigenvalue weighted by Gasteiger charge is -2.38. The van der Waals surface area contributed by atoms with Gasteiger partial charge in [0, 0.05) is 18.7 Å². The molecule has 1 aliphatic heterocycles. The molecule has 4 nitrogen and oxygen atoms in total. The van der Waals surface area contributed by atoms with Crippen molar-refractivity contribution in [2.24, 2.45) is 0 Å². The summed E-state index contributed by atoms with van der Waals surface area (Å²) in [5.41, 5.74) is 0.996. The fourth-order valence-corrected chi connectivity index (χ4v) is 2.64. The highest BCUT2D eigenvalue weighted by atomic mass is 19.1. The number of hydrogen-bond acceptors (Lipinski definition) is 2. The van der Waals surface area contributed by atoms with Gasteiger partial charge in [0.2, 0.25) is 11.8 Å². The van der Waals surface area contributed by atoms with Gasteiger partial charge in [0.05, 0.1) is 6.54 Å². The van der Waals surface area contributed by atoms with Gasteiger partial charge in [-0.15, -0.1) is 0 Å². The lowest BCUT2D eigenvalue weighted by atomic mass is 10.1. The fraction of sp³-hybridized carbons (Fsp3) is 0.500. The van der Waals surface area contributed by atoms with Crippen molar-refractivity contribution in [3.8, 4) is 0 Å². The van der Waals surface area contributed by atoms with E-state index in [0.29, 0.717) is 17.7 Å². The van der Waals surface area contributed by atoms with Crippen molar-refractivity contribution in [1.29, 1.82) is 0 Å². The third kappa shape index (κ3) is 3.06. The first-order valence-electron chi connectivity index (χ1n) is 7.28. The molecule has 114 valence electrons. The van der Waals surface area contributed by atoms with Crippen molar-refractivity contribution >= 4 is 11.8 Å². The van der Waals surface area contributed by atoms with Crippen LogP contribution in [0.2, 0.25) is 0 Å². The van der Waals surface area contributed by atoms with Gasteiger partial charge in [0.1, 0.15) is 11.9 Å². The van der Waals surface area contributed by atoms with Gasteiger partial charge in [0.15, 0.2) is 0 Å². The summed E-state index contributed by atoms with van der Waals surface area (Å²) >= 11 is 0. The van der Waals surface area contributed by atoms with Crippen LogP contribution in [0.25, 0.3) is 0 Å². The van der Waals surface area contributed by atoms with E-state index in [1.807, 2.05) is 6.92 Å². The molecule has 0 aliphatic carbocycles. The molecule has 0 spiro atoms. The summed E-state index contributed by atoms with van der Waals surface area (Å²) < 4.78 is 14.1. The van der Waals surface area contributed by atoms with Crippen LogP contribution in [0.5, 0.6) is 0 Å². The molecule has 1 fully saturated rings. The average molecular weight is 292 g/mol. The van der Waals surface area contributed by atoms with Crippen molar-refractivity contribution in [2.75, 3.05) is 13.1 Å². The minimum absolute atomic E-state index is 0.0653. The maximum atomic E-state index is 14.1. The Morgan fingerprint density at radius 3 is 2.71 bits per heavy atom. The molecule has 0 radical (unpaired) electrons. The number of piperazine rings is 1. The number of benzene rings is 1. The predicted molar refractivity (Wildman–Crippen MR) is 78.0 cm³/mol. The maximum absolute atomic E-state index is 14.1. The molecule has 1 saturated heterocycles. The summed E-state index contributed by atoms with van der Waals surface area (Å²) in [6.45, 7) is 6.17. The number of hydrogen-bond donors (Lipinski definition) is 0. The van der Waals surface area contributed by atoms with E-state index in [9.17, 15) is 14.0 Å². The molecule has 1 aliphatic rings. The van der Waals surface area contributed by atoms with E-state index in [-0.39, 0.29) is 30.7 Å². The van der Waals surface area contributed by atoms with E-state index in [2.05, 4.69) is 0 Å². The largest absolute Gasteiger partial charge is 0.332 e. The zero-order valence-electron chi connectivity index (χ0n) is 12.7. The molecule has 5 heteroatoms. The quantitative estimate of drug-likeness (QED) is 0.852. The van der Waals surface area contributed by atoms with Crippen LogP contribution in [0.1, 0.15) is 31.4 Å². The van der Waals surface area contributed by atoms with Crippen LogP contribution in [0.3, 0.4) is 0 Å². The minimum atomic E-state index is -0.544. The molecule has 1 heterocycles. The number of carbonyl (C=O) groups excluding carboxylic acids is 2. The molecule has 1 aromatic carbocycles. The minimum Gasteiger partial charge on any atom is -0.332 e. The Morgan fingerprint density at radius 2 is 2.05 bits per heavy atom. The van der Waals surface area contributed by atoms with Crippen LogP contribution < -0.4 is 0 Å². The molecule has 0 aromatic heterocycles. The predicted octanol–water partition coefficient (Wildman–Crippen LogP) is 2.10. The van der Waals surface area contributed by atoms with Crippen molar-refractivity contribution in [3.05, 3.63) is 35.1 Å². The second kappa shape index (κ2) is 6.24. The number of rotatable bonds is 4. The molecule has 1 aromatic rings. The highest BCUT2D eigenvalue weighted by molar-refractivity contribution is 5.94. The second-order valence-corrected chi connectivity index (χ2v) is 5.51. The zero-order valence-corrected chi connectivity index (χ0v) is 12.7. The SMILES string of the molecule is CCCN1CC(=O)N(Cc2cccc(C)c2F)[C@H](C)C1=O. The summed E-state index contributed by atoms with van der Waals surface area (Å²) in [4.78, 5) is 27.5. The van der Waals surface area contributed by atoms with Gasteiger partial charge in [0.25, 0.3) is 0 Å². The summed E-state index contributed by atoms with van der Waals surface area (Å²) in [6, 6.07) is 4.57. The van der Waals surface area contributed by atoms with Gasteiger partial charge >= 0.3 is 0 Å². The van der Waals surface area contributed by atoms with Crippen molar-refractivity contribution in [3.63, 3.8) is 0 Å². The van der Waals surface area contributed by atoms with Crippen LogP contribution in [0, 0.1) is 12.7 Å². The summed E-state index contributed by atoms with van der Waals surface area (Å²) in [7, 11) is 0. The van der Waals surface area contributed by atoms with Crippen LogP contribution in [-0.4, -0.2) is 40.7 Å². The molecule has 2 amide bonds. The highest BCUT2D eigenvalue weighted by Gasteiger charge is 2.36. The Morgan fingerprint density at radius 1 is 1.33 bits per heavy atom. The van der Waals surface area contributed by atoms with E-state index in [1.54, 1.807) is 36.9 Å². The Labute approximate surface area is 124 Å². The van der Waals surface area contributed by atoms with Crippen LogP contribution in [-0.2, 0) is 16.1 Å². The Bertz CT molecular complexity index is 559. The van der Waals surface area contributed by atoms with Crippen LogP contribution in [0.15, 0.2) is 18.2 Å². The fourth-order valence-electron chi connectivity index (χ4n) is 2.64. The second-order valence-electron chi connectivity index (χ2n) is 5.51. The van der Waals surface area contributed by atoms with Gasteiger partial charge in [-0.3, -0.25) is 9.59 Å². The highest BCUT2D eigenvalue weighted by Crippen LogP contribution is 2.19. The summed E-state index contributed by atoms with van der Waals surface area (Å²) in [6.07, 6.45) is 0.818.